The minimum Gasteiger partial charge on any atom is -0.381 e. The molecule has 4 heteroatoms. The van der Waals surface area contributed by atoms with Crippen LogP contribution in [0, 0.1) is 5.92 Å². The van der Waals surface area contributed by atoms with Gasteiger partial charge >= 0.3 is 0 Å². The number of nitrogens with one attached hydrogen (secondary N) is 1. The van der Waals surface area contributed by atoms with E-state index in [4.69, 9.17) is 9.72 Å². The van der Waals surface area contributed by atoms with Gasteiger partial charge in [0.1, 0.15) is 5.82 Å². The second-order valence-corrected chi connectivity index (χ2v) is 5.70. The van der Waals surface area contributed by atoms with Gasteiger partial charge < -0.3 is 10.1 Å². The Labute approximate surface area is 115 Å². The van der Waals surface area contributed by atoms with Crippen molar-refractivity contribution in [2.45, 2.75) is 38.0 Å². The average Bonchev–Trinajstić information content (AvgIpc) is 2.49. The zero-order chi connectivity index (χ0) is 12.9. The van der Waals surface area contributed by atoms with E-state index >= 15 is 0 Å². The fraction of sp³-hybridized carbons (Fsp3) is 0.733. The van der Waals surface area contributed by atoms with Crippen LogP contribution in [-0.4, -0.2) is 36.3 Å². The Hall–Kier alpha value is -1.00. The predicted molar refractivity (Wildman–Crippen MR) is 74.1 cm³/mol. The molecule has 0 saturated carbocycles. The van der Waals surface area contributed by atoms with E-state index in [0.717, 1.165) is 44.8 Å². The molecule has 4 nitrogen and oxygen atoms in total. The highest BCUT2D eigenvalue weighted by atomic mass is 16.5. The second-order valence-electron chi connectivity index (χ2n) is 5.70. The number of rotatable bonds is 3. The third-order valence-corrected chi connectivity index (χ3v) is 4.24. The van der Waals surface area contributed by atoms with Crippen molar-refractivity contribution in [1.82, 2.24) is 15.3 Å². The van der Waals surface area contributed by atoms with Gasteiger partial charge in [-0.2, -0.15) is 0 Å². The minimum atomic E-state index is 0.569. The van der Waals surface area contributed by atoms with Crippen LogP contribution in [0.3, 0.4) is 0 Å². The van der Waals surface area contributed by atoms with Crippen LogP contribution in [0.5, 0.6) is 0 Å². The van der Waals surface area contributed by atoms with Gasteiger partial charge in [-0.15, -0.1) is 0 Å². The van der Waals surface area contributed by atoms with Crippen LogP contribution in [0.2, 0.25) is 0 Å². The molecule has 3 rings (SSSR count). The predicted octanol–water partition coefficient (Wildman–Crippen LogP) is 1.91. The molecule has 2 aliphatic heterocycles. The number of hydrogen-bond donors (Lipinski definition) is 1. The Morgan fingerprint density at radius 3 is 2.95 bits per heavy atom. The number of piperidine rings is 1. The summed E-state index contributed by atoms with van der Waals surface area (Å²) in [4.78, 5) is 9.25. The van der Waals surface area contributed by atoms with Crippen LogP contribution in [0.1, 0.15) is 43.1 Å². The van der Waals surface area contributed by atoms with Crippen LogP contribution in [0.15, 0.2) is 12.3 Å². The fourth-order valence-electron chi connectivity index (χ4n) is 3.09. The monoisotopic (exact) mass is 261 g/mol. The highest BCUT2D eigenvalue weighted by Gasteiger charge is 2.19. The molecule has 0 aromatic carbocycles. The fourth-order valence-corrected chi connectivity index (χ4v) is 3.09. The van der Waals surface area contributed by atoms with Gasteiger partial charge in [-0.3, -0.25) is 0 Å². The first-order valence-corrected chi connectivity index (χ1v) is 7.52. The molecule has 2 aliphatic rings. The van der Waals surface area contributed by atoms with Crippen LogP contribution in [0.25, 0.3) is 0 Å². The number of nitrogens with zero attached hydrogens (tertiary/aromatic N) is 2. The van der Waals surface area contributed by atoms with Crippen LogP contribution < -0.4 is 5.32 Å². The third-order valence-electron chi connectivity index (χ3n) is 4.24. The smallest absolute Gasteiger partial charge is 0.128 e. The molecule has 104 valence electrons. The van der Waals surface area contributed by atoms with Crippen LogP contribution >= 0.6 is 0 Å². The maximum atomic E-state index is 5.42. The Morgan fingerprint density at radius 2 is 2.16 bits per heavy atom. The molecule has 0 aliphatic carbocycles. The van der Waals surface area contributed by atoms with E-state index in [-0.39, 0.29) is 0 Å². The SMILES string of the molecule is c1cc(C2CCOCC2)nc(CC2CCCNC2)n1. The molecule has 2 saturated heterocycles. The summed E-state index contributed by atoms with van der Waals surface area (Å²) < 4.78 is 5.42. The molecule has 3 heterocycles. The van der Waals surface area contributed by atoms with Gasteiger partial charge in [-0.25, -0.2) is 9.97 Å². The van der Waals surface area contributed by atoms with Gasteiger partial charge in [-0.05, 0) is 50.8 Å². The van der Waals surface area contributed by atoms with Crippen molar-refractivity contribution in [3.8, 4) is 0 Å². The molecular weight excluding hydrogens is 238 g/mol. The molecule has 1 N–H and O–H groups in total. The molecule has 0 bridgehead atoms. The molecule has 0 radical (unpaired) electrons. The van der Waals surface area contributed by atoms with Gasteiger partial charge in [0, 0.05) is 37.4 Å². The summed E-state index contributed by atoms with van der Waals surface area (Å²) in [5, 5.41) is 3.46. The first-order valence-electron chi connectivity index (χ1n) is 7.52. The van der Waals surface area contributed by atoms with Gasteiger partial charge in [0.2, 0.25) is 0 Å². The van der Waals surface area contributed by atoms with Crippen LogP contribution in [-0.2, 0) is 11.2 Å². The molecule has 2 fully saturated rings. The van der Waals surface area contributed by atoms with Gasteiger partial charge in [0.15, 0.2) is 0 Å². The van der Waals surface area contributed by atoms with Crippen LogP contribution in [0.4, 0.5) is 0 Å². The van der Waals surface area contributed by atoms with Gasteiger partial charge in [0.25, 0.3) is 0 Å². The highest BCUT2D eigenvalue weighted by Crippen LogP contribution is 2.25. The summed E-state index contributed by atoms with van der Waals surface area (Å²) >= 11 is 0. The summed E-state index contributed by atoms with van der Waals surface area (Å²) in [6.07, 6.45) is 7.73. The molecule has 19 heavy (non-hydrogen) atoms. The van der Waals surface area contributed by atoms with E-state index in [1.807, 2.05) is 6.20 Å². The highest BCUT2D eigenvalue weighted by molar-refractivity contribution is 5.09. The molecule has 0 amide bonds. The van der Waals surface area contributed by atoms with Crippen molar-refractivity contribution in [2.24, 2.45) is 5.92 Å². The lowest BCUT2D eigenvalue weighted by Gasteiger charge is -2.23. The maximum absolute atomic E-state index is 5.42. The number of aromatic nitrogens is 2. The van der Waals surface area contributed by atoms with Gasteiger partial charge in [0.05, 0.1) is 0 Å². The summed E-state index contributed by atoms with van der Waals surface area (Å²) in [6, 6.07) is 2.08. The summed E-state index contributed by atoms with van der Waals surface area (Å²) in [6.45, 7) is 4.03. The first-order chi connectivity index (χ1) is 9.42. The lowest BCUT2D eigenvalue weighted by Crippen LogP contribution is -2.31. The Morgan fingerprint density at radius 1 is 1.26 bits per heavy atom. The van der Waals surface area contributed by atoms with E-state index in [2.05, 4.69) is 16.4 Å². The van der Waals surface area contributed by atoms with Crippen molar-refractivity contribution < 1.29 is 4.74 Å². The van der Waals surface area contributed by atoms with Crippen molar-refractivity contribution >= 4 is 0 Å². The third kappa shape index (κ3) is 3.51. The second kappa shape index (κ2) is 6.44. The van der Waals surface area contributed by atoms with E-state index < -0.39 is 0 Å². The zero-order valence-electron chi connectivity index (χ0n) is 11.5. The lowest BCUT2D eigenvalue weighted by molar-refractivity contribution is 0.0844. The number of hydrogen-bond acceptors (Lipinski definition) is 4. The standard InChI is InChI=1S/C15H23N3O/c1-2-12(11-16-6-1)10-15-17-7-3-14(18-15)13-4-8-19-9-5-13/h3,7,12-13,16H,1-2,4-6,8-11H2. The maximum Gasteiger partial charge on any atom is 0.128 e. The Balaban J connectivity index is 1.64. The minimum absolute atomic E-state index is 0.569. The van der Waals surface area contributed by atoms with E-state index in [0.29, 0.717) is 11.8 Å². The number of ether oxygens (including phenoxy) is 1. The van der Waals surface area contributed by atoms with Crippen molar-refractivity contribution in [1.29, 1.82) is 0 Å². The summed E-state index contributed by atoms with van der Waals surface area (Å²) in [7, 11) is 0. The Kier molecular flexibility index (Phi) is 4.41. The summed E-state index contributed by atoms with van der Waals surface area (Å²) in [5.74, 6) is 2.30. The Bertz CT molecular complexity index is 398. The average molecular weight is 261 g/mol. The lowest BCUT2D eigenvalue weighted by atomic mass is 9.94. The van der Waals surface area contributed by atoms with Gasteiger partial charge in [-0.1, -0.05) is 0 Å². The van der Waals surface area contributed by atoms with Crippen molar-refractivity contribution in [3.63, 3.8) is 0 Å². The first kappa shape index (κ1) is 13.0. The van der Waals surface area contributed by atoms with E-state index in [1.165, 1.54) is 25.1 Å². The molecule has 1 aromatic rings. The quantitative estimate of drug-likeness (QED) is 0.903. The van der Waals surface area contributed by atoms with Crippen molar-refractivity contribution in [2.75, 3.05) is 26.3 Å². The molecule has 1 unspecified atom stereocenters. The normalized spacial score (nSPS) is 25.4. The topological polar surface area (TPSA) is 47.0 Å². The van der Waals surface area contributed by atoms with Crippen molar-refractivity contribution in [3.05, 3.63) is 23.8 Å². The van der Waals surface area contributed by atoms with E-state index in [1.54, 1.807) is 0 Å². The largest absolute Gasteiger partial charge is 0.381 e. The molecule has 1 atom stereocenters. The summed E-state index contributed by atoms with van der Waals surface area (Å²) in [5.41, 5.74) is 1.22. The zero-order valence-corrected chi connectivity index (χ0v) is 11.5. The molecule has 1 aromatic heterocycles. The van der Waals surface area contributed by atoms with E-state index in [9.17, 15) is 0 Å². The molecule has 0 spiro atoms. The molecular formula is C15H23N3O.